The van der Waals surface area contributed by atoms with E-state index >= 15 is 0 Å². The minimum atomic E-state index is -5.91. The fraction of sp³-hybridized carbons (Fsp3) is 0.188. The van der Waals surface area contributed by atoms with Gasteiger partial charge in [-0.15, -0.1) is 0 Å². The molecule has 0 atom stereocenters. The molecule has 0 saturated carbocycles. The van der Waals surface area contributed by atoms with Crippen LogP contribution in [0.4, 0.5) is 26.3 Å². The maximum atomic E-state index is 13.6. The number of ether oxygens (including phenoxy) is 1. The Kier molecular flexibility index (Phi) is 4.37. The van der Waals surface area contributed by atoms with Gasteiger partial charge in [-0.1, -0.05) is 11.3 Å². The fourth-order valence-electron chi connectivity index (χ4n) is 2.41. The number of carbonyl (C=O) groups is 1. The van der Waals surface area contributed by atoms with Gasteiger partial charge in [-0.25, -0.2) is 4.39 Å². The van der Waals surface area contributed by atoms with Crippen molar-refractivity contribution in [1.29, 1.82) is 0 Å². The van der Waals surface area contributed by atoms with Crippen molar-refractivity contribution in [2.45, 2.75) is 19.2 Å². The highest BCUT2D eigenvalue weighted by Gasteiger charge is 2.61. The van der Waals surface area contributed by atoms with Crippen LogP contribution in [0, 0.1) is 12.7 Å². The topological polar surface area (TPSA) is 51.5 Å². The molecule has 3 rings (SSSR count). The maximum absolute atomic E-state index is 13.6. The molecular weight excluding hydrogens is 400 g/mol. The third kappa shape index (κ3) is 3.34. The van der Waals surface area contributed by atoms with Crippen molar-refractivity contribution >= 4 is 28.1 Å². The van der Waals surface area contributed by atoms with Gasteiger partial charge in [-0.2, -0.15) is 22.0 Å². The molecule has 2 aromatic heterocycles. The molecule has 0 fully saturated rings. The van der Waals surface area contributed by atoms with E-state index in [1.54, 1.807) is 0 Å². The predicted octanol–water partition coefficient (Wildman–Crippen LogP) is 5.08. The number of halogens is 6. The van der Waals surface area contributed by atoms with Crippen LogP contribution in [0.1, 0.15) is 15.4 Å². The molecule has 0 radical (unpaired) electrons. The monoisotopic (exact) mass is 409 g/mol. The third-order valence-electron chi connectivity index (χ3n) is 3.61. The molecule has 0 unspecified atom stereocenters. The van der Waals surface area contributed by atoms with Crippen molar-refractivity contribution < 1.29 is 41.0 Å². The predicted molar refractivity (Wildman–Crippen MR) is 84.0 cm³/mol. The second-order valence-corrected chi connectivity index (χ2v) is 6.57. The zero-order valence-electron chi connectivity index (χ0n) is 13.3. The van der Waals surface area contributed by atoms with E-state index < -0.39 is 34.8 Å². The van der Waals surface area contributed by atoms with Gasteiger partial charge in [0.05, 0.1) is 10.4 Å². The van der Waals surface area contributed by atoms with E-state index in [4.69, 9.17) is 0 Å². The number of thiophene rings is 1. The van der Waals surface area contributed by atoms with Crippen molar-refractivity contribution in [3.8, 4) is 10.8 Å². The van der Waals surface area contributed by atoms with E-state index in [2.05, 4.69) is 4.74 Å². The molecule has 1 N–H and O–H groups in total. The van der Waals surface area contributed by atoms with Gasteiger partial charge in [0.25, 0.3) is 5.91 Å². The largest absolute Gasteiger partial charge is 0.505 e. The van der Waals surface area contributed by atoms with E-state index in [1.807, 2.05) is 0 Å². The van der Waals surface area contributed by atoms with Crippen molar-refractivity contribution in [1.82, 2.24) is 4.57 Å². The van der Waals surface area contributed by atoms with E-state index in [-0.39, 0.29) is 10.4 Å². The normalized spacial score (nSPS) is 12.6. The molecule has 0 saturated heterocycles. The number of phenols is 1. The highest BCUT2D eigenvalue weighted by atomic mass is 32.1. The van der Waals surface area contributed by atoms with Crippen LogP contribution in [-0.2, 0) is 0 Å². The Balaban J connectivity index is 1.96. The molecular formula is C16H9F6NO3S. The van der Waals surface area contributed by atoms with Gasteiger partial charge in [0.2, 0.25) is 0 Å². The number of hydrogen-bond donors (Lipinski definition) is 1. The molecule has 11 heteroatoms. The minimum Gasteiger partial charge on any atom is -0.505 e. The van der Waals surface area contributed by atoms with E-state index in [0.29, 0.717) is 22.4 Å². The summed E-state index contributed by atoms with van der Waals surface area (Å²) in [4.78, 5) is 12.4. The molecule has 4 nitrogen and oxygen atoms in total. The first-order valence-electron chi connectivity index (χ1n) is 7.19. The summed E-state index contributed by atoms with van der Waals surface area (Å²) in [6.45, 7) is 1.51. The number of nitrogens with zero attached hydrogens (tertiary/aromatic N) is 1. The van der Waals surface area contributed by atoms with Gasteiger partial charge in [0.15, 0.2) is 16.6 Å². The second-order valence-electron chi connectivity index (χ2n) is 5.52. The number of phenolic OH excluding ortho intramolecular Hbond substituents is 1. The lowest BCUT2D eigenvalue weighted by molar-refractivity contribution is -0.359. The van der Waals surface area contributed by atoms with Crippen LogP contribution in [-0.4, -0.2) is 27.9 Å². The summed E-state index contributed by atoms with van der Waals surface area (Å²) < 4.78 is 80.9. The van der Waals surface area contributed by atoms with Crippen LogP contribution in [0.25, 0.3) is 10.9 Å². The fourth-order valence-corrected chi connectivity index (χ4v) is 3.22. The molecule has 2 heterocycles. The summed E-state index contributed by atoms with van der Waals surface area (Å²) in [5.41, 5.74) is 0.445. The van der Waals surface area contributed by atoms with Crippen LogP contribution >= 0.6 is 11.3 Å². The third-order valence-corrected chi connectivity index (χ3v) is 4.56. The Morgan fingerprint density at radius 3 is 2.44 bits per heavy atom. The molecule has 27 heavy (non-hydrogen) atoms. The number of benzene rings is 1. The van der Waals surface area contributed by atoms with Crippen LogP contribution in [0.3, 0.4) is 0 Å². The first kappa shape index (κ1) is 19.1. The zero-order chi connectivity index (χ0) is 20.1. The summed E-state index contributed by atoms with van der Waals surface area (Å²) in [6, 6.07) is 5.34. The first-order valence-corrected chi connectivity index (χ1v) is 8.01. The van der Waals surface area contributed by atoms with Gasteiger partial charge in [-0.05, 0) is 31.2 Å². The number of alkyl halides is 5. The summed E-state index contributed by atoms with van der Waals surface area (Å²) in [5.74, 6) is -2.37. The number of hydrogen-bond acceptors (Lipinski definition) is 4. The van der Waals surface area contributed by atoms with Gasteiger partial charge >= 0.3 is 12.3 Å². The zero-order valence-corrected chi connectivity index (χ0v) is 14.1. The number of aryl methyl sites for hydroxylation is 1. The molecule has 0 bridgehead atoms. The smallest absolute Gasteiger partial charge is 0.499 e. The molecule has 0 spiro atoms. The number of rotatable bonds is 3. The maximum Gasteiger partial charge on any atom is 0.499 e. The Labute approximate surface area is 151 Å². The summed E-state index contributed by atoms with van der Waals surface area (Å²) in [7, 11) is 0. The summed E-state index contributed by atoms with van der Waals surface area (Å²) in [5, 5.41) is 8.94. The molecule has 3 aromatic rings. The molecule has 144 valence electrons. The van der Waals surface area contributed by atoms with Gasteiger partial charge in [0, 0.05) is 17.1 Å². The average molecular weight is 409 g/mol. The van der Waals surface area contributed by atoms with Gasteiger partial charge in [-0.3, -0.25) is 9.36 Å². The van der Waals surface area contributed by atoms with Crippen molar-refractivity contribution in [2.75, 3.05) is 0 Å². The first-order chi connectivity index (χ1) is 12.4. The number of carbonyl (C=O) groups excluding carboxylic acids is 1. The SMILES string of the molecule is Cc1cc2cc(O)c(F)cc2n1C(=O)c1ccc(OC(F)(F)C(F)(F)F)s1. The lowest BCUT2D eigenvalue weighted by Crippen LogP contribution is -2.41. The number of aromatic nitrogens is 1. The molecule has 0 aliphatic carbocycles. The molecule has 0 aliphatic heterocycles. The average Bonchev–Trinajstić information content (AvgIpc) is 3.10. The van der Waals surface area contributed by atoms with Crippen molar-refractivity contribution in [3.63, 3.8) is 0 Å². The van der Waals surface area contributed by atoms with Gasteiger partial charge < -0.3 is 9.84 Å². The van der Waals surface area contributed by atoms with Crippen LogP contribution in [0.2, 0.25) is 0 Å². The second kappa shape index (κ2) is 6.19. The number of fused-ring (bicyclic) bond motifs is 1. The van der Waals surface area contributed by atoms with E-state index in [0.717, 1.165) is 28.8 Å². The Hall–Kier alpha value is -2.69. The van der Waals surface area contributed by atoms with Crippen molar-refractivity contribution in [2.24, 2.45) is 0 Å². The Bertz CT molecular complexity index is 1040. The summed E-state index contributed by atoms with van der Waals surface area (Å²) >= 11 is 0.291. The number of aromatic hydroxyl groups is 1. The minimum absolute atomic E-state index is 0.101. The lowest BCUT2D eigenvalue weighted by atomic mass is 10.2. The van der Waals surface area contributed by atoms with Crippen molar-refractivity contribution in [3.05, 3.63) is 46.7 Å². The quantitative estimate of drug-likeness (QED) is 0.614. The highest BCUT2D eigenvalue weighted by Crippen LogP contribution is 2.39. The molecule has 1 aromatic carbocycles. The standard InChI is InChI=1S/C16H9F6NO3S/c1-7-4-8-5-11(24)9(17)6-10(8)23(7)14(25)12-2-3-13(27-12)26-16(21,22)15(18,19)20/h2-6,24H,1H3. The Morgan fingerprint density at radius 1 is 1.15 bits per heavy atom. The summed E-state index contributed by atoms with van der Waals surface area (Å²) in [6.07, 6.45) is -11.3. The van der Waals surface area contributed by atoms with Crippen LogP contribution < -0.4 is 4.74 Å². The molecule has 0 aliphatic rings. The highest BCUT2D eigenvalue weighted by molar-refractivity contribution is 7.15. The van der Waals surface area contributed by atoms with Crippen LogP contribution in [0.5, 0.6) is 10.8 Å². The van der Waals surface area contributed by atoms with E-state index in [1.165, 1.54) is 13.0 Å². The lowest BCUT2D eigenvalue weighted by Gasteiger charge is -2.18. The van der Waals surface area contributed by atoms with Crippen LogP contribution in [0.15, 0.2) is 30.3 Å². The van der Waals surface area contributed by atoms with Gasteiger partial charge in [0.1, 0.15) is 0 Å². The van der Waals surface area contributed by atoms with E-state index in [9.17, 15) is 36.2 Å². The molecule has 0 amide bonds. The Morgan fingerprint density at radius 2 is 1.81 bits per heavy atom.